The van der Waals surface area contributed by atoms with Crippen LogP contribution in [0, 0.1) is 5.82 Å². The molecule has 1 aliphatic heterocycles. The quantitative estimate of drug-likeness (QED) is 0.630. The van der Waals surface area contributed by atoms with Crippen LogP contribution < -0.4 is 5.32 Å². The fourth-order valence-corrected chi connectivity index (χ4v) is 5.08. The standard InChI is InChI=1S/C23H24FN3O4S/c1-15(2)21-14-18(17-5-3-4-6-20(17)26-21)23(28)25-16-7-8-19(24)22(13-16)32(29,30)27-9-11-31-12-10-27/h3-8,13-15H,9-12H2,1-2H3,(H,25,28). The van der Waals surface area contributed by atoms with Crippen LogP contribution in [0.4, 0.5) is 10.1 Å². The van der Waals surface area contributed by atoms with Crippen LogP contribution in [0.5, 0.6) is 0 Å². The van der Waals surface area contributed by atoms with Gasteiger partial charge in [-0.1, -0.05) is 32.0 Å². The van der Waals surface area contributed by atoms with Gasteiger partial charge in [-0.15, -0.1) is 0 Å². The Bertz CT molecular complexity index is 1270. The largest absolute Gasteiger partial charge is 0.379 e. The van der Waals surface area contributed by atoms with Gasteiger partial charge >= 0.3 is 0 Å². The van der Waals surface area contributed by atoms with Crippen molar-refractivity contribution in [2.24, 2.45) is 0 Å². The van der Waals surface area contributed by atoms with Crippen molar-refractivity contribution in [2.75, 3.05) is 31.6 Å². The molecule has 1 N–H and O–H groups in total. The molecule has 0 radical (unpaired) electrons. The lowest BCUT2D eigenvalue weighted by Gasteiger charge is -2.26. The van der Waals surface area contributed by atoms with Gasteiger partial charge in [-0.3, -0.25) is 9.78 Å². The molecule has 2 aromatic carbocycles. The normalized spacial score (nSPS) is 15.2. The second-order valence-corrected chi connectivity index (χ2v) is 9.79. The Morgan fingerprint density at radius 1 is 1.12 bits per heavy atom. The maximum atomic E-state index is 14.5. The van der Waals surface area contributed by atoms with Crippen molar-refractivity contribution < 1.29 is 22.3 Å². The van der Waals surface area contributed by atoms with Gasteiger partial charge in [0.05, 0.1) is 24.3 Å². The molecule has 1 amide bonds. The van der Waals surface area contributed by atoms with E-state index >= 15 is 0 Å². The van der Waals surface area contributed by atoms with Crippen molar-refractivity contribution >= 4 is 32.5 Å². The molecule has 1 saturated heterocycles. The summed E-state index contributed by atoms with van der Waals surface area (Å²) in [5.41, 5.74) is 2.07. The Morgan fingerprint density at radius 2 is 1.84 bits per heavy atom. The van der Waals surface area contributed by atoms with Crippen LogP contribution in [-0.4, -0.2) is 49.9 Å². The van der Waals surface area contributed by atoms with Crippen molar-refractivity contribution in [2.45, 2.75) is 24.7 Å². The molecule has 168 valence electrons. The van der Waals surface area contributed by atoms with E-state index in [9.17, 15) is 17.6 Å². The summed E-state index contributed by atoms with van der Waals surface area (Å²) >= 11 is 0. The summed E-state index contributed by atoms with van der Waals surface area (Å²) in [6, 6.07) is 12.6. The SMILES string of the molecule is CC(C)c1cc(C(=O)Nc2ccc(F)c(S(=O)(=O)N3CCOCC3)c2)c2ccccc2n1. The summed E-state index contributed by atoms with van der Waals surface area (Å²) in [4.78, 5) is 17.3. The Balaban J connectivity index is 1.68. The number of sulfonamides is 1. The van der Waals surface area contributed by atoms with Crippen LogP contribution >= 0.6 is 0 Å². The molecular formula is C23H24FN3O4S. The summed E-state index contributed by atoms with van der Waals surface area (Å²) in [5.74, 6) is -1.18. The highest BCUT2D eigenvalue weighted by atomic mass is 32.2. The number of aromatic nitrogens is 1. The Kier molecular flexibility index (Phi) is 6.23. The van der Waals surface area contributed by atoms with E-state index in [0.717, 1.165) is 17.8 Å². The number of nitrogens with zero attached hydrogens (tertiary/aromatic N) is 2. The second kappa shape index (κ2) is 8.93. The molecule has 3 aromatic rings. The lowest BCUT2D eigenvalue weighted by Crippen LogP contribution is -2.40. The minimum Gasteiger partial charge on any atom is -0.379 e. The predicted molar refractivity (Wildman–Crippen MR) is 120 cm³/mol. The topological polar surface area (TPSA) is 88.6 Å². The van der Waals surface area contributed by atoms with Crippen molar-refractivity contribution in [3.8, 4) is 0 Å². The zero-order chi connectivity index (χ0) is 22.9. The molecule has 0 spiro atoms. The molecule has 1 aliphatic rings. The van der Waals surface area contributed by atoms with Crippen LogP contribution in [0.15, 0.2) is 53.4 Å². The van der Waals surface area contributed by atoms with Gasteiger partial charge in [0.15, 0.2) is 0 Å². The lowest BCUT2D eigenvalue weighted by molar-refractivity contribution is 0.0729. The van der Waals surface area contributed by atoms with Crippen molar-refractivity contribution in [1.82, 2.24) is 9.29 Å². The Labute approximate surface area is 186 Å². The first-order valence-electron chi connectivity index (χ1n) is 10.4. The number of ether oxygens (including phenoxy) is 1. The average molecular weight is 458 g/mol. The second-order valence-electron chi connectivity index (χ2n) is 7.88. The highest BCUT2D eigenvalue weighted by molar-refractivity contribution is 7.89. The number of anilines is 1. The number of fused-ring (bicyclic) bond motifs is 1. The Morgan fingerprint density at radius 3 is 2.56 bits per heavy atom. The third kappa shape index (κ3) is 4.36. The van der Waals surface area contributed by atoms with Crippen LogP contribution in [0.1, 0.15) is 35.8 Å². The van der Waals surface area contributed by atoms with Gasteiger partial charge in [0, 0.05) is 29.9 Å². The minimum absolute atomic E-state index is 0.113. The molecule has 7 nitrogen and oxygen atoms in total. The van der Waals surface area contributed by atoms with E-state index in [1.165, 1.54) is 10.4 Å². The molecule has 0 saturated carbocycles. The molecule has 32 heavy (non-hydrogen) atoms. The monoisotopic (exact) mass is 457 g/mol. The smallest absolute Gasteiger partial charge is 0.256 e. The number of carbonyl (C=O) groups excluding carboxylic acids is 1. The van der Waals surface area contributed by atoms with E-state index in [0.29, 0.717) is 16.5 Å². The molecule has 2 heterocycles. The van der Waals surface area contributed by atoms with E-state index in [1.54, 1.807) is 12.1 Å². The third-order valence-electron chi connectivity index (χ3n) is 5.35. The maximum Gasteiger partial charge on any atom is 0.256 e. The van der Waals surface area contributed by atoms with E-state index in [4.69, 9.17) is 4.74 Å². The fraction of sp³-hybridized carbons (Fsp3) is 0.304. The van der Waals surface area contributed by atoms with Gasteiger partial charge < -0.3 is 10.1 Å². The summed E-state index contributed by atoms with van der Waals surface area (Å²) in [6.07, 6.45) is 0. The van der Waals surface area contributed by atoms with E-state index < -0.39 is 26.6 Å². The van der Waals surface area contributed by atoms with Gasteiger partial charge in [0.25, 0.3) is 5.91 Å². The fourth-order valence-electron chi connectivity index (χ4n) is 3.58. The lowest BCUT2D eigenvalue weighted by atomic mass is 10.0. The number of hydrogen-bond donors (Lipinski definition) is 1. The summed E-state index contributed by atoms with van der Waals surface area (Å²) in [5, 5.41) is 3.40. The van der Waals surface area contributed by atoms with Crippen molar-refractivity contribution in [1.29, 1.82) is 0 Å². The molecular weight excluding hydrogens is 433 g/mol. The molecule has 9 heteroatoms. The number of benzene rings is 2. The number of carbonyl (C=O) groups is 1. The van der Waals surface area contributed by atoms with Crippen LogP contribution in [0.25, 0.3) is 10.9 Å². The summed E-state index contributed by atoms with van der Waals surface area (Å²) in [6.45, 7) is 4.79. The summed E-state index contributed by atoms with van der Waals surface area (Å²) < 4.78 is 46.7. The van der Waals surface area contributed by atoms with E-state index in [2.05, 4.69) is 10.3 Å². The zero-order valence-electron chi connectivity index (χ0n) is 17.8. The van der Waals surface area contributed by atoms with Gasteiger partial charge in [-0.25, -0.2) is 12.8 Å². The van der Waals surface area contributed by atoms with Crippen LogP contribution in [0.2, 0.25) is 0 Å². The minimum atomic E-state index is -4.05. The number of nitrogens with one attached hydrogen (secondary N) is 1. The van der Waals surface area contributed by atoms with Gasteiger partial charge in [0.1, 0.15) is 10.7 Å². The number of rotatable bonds is 5. The van der Waals surface area contributed by atoms with Gasteiger partial charge in [-0.05, 0) is 36.2 Å². The highest BCUT2D eigenvalue weighted by Gasteiger charge is 2.29. The van der Waals surface area contributed by atoms with Crippen LogP contribution in [0.3, 0.4) is 0 Å². The molecule has 0 aliphatic carbocycles. The molecule has 0 atom stereocenters. The number of hydrogen-bond acceptors (Lipinski definition) is 5. The highest BCUT2D eigenvalue weighted by Crippen LogP contribution is 2.26. The predicted octanol–water partition coefficient (Wildman–Crippen LogP) is 3.77. The Hall–Kier alpha value is -2.88. The number of morpholine rings is 1. The van der Waals surface area contributed by atoms with Gasteiger partial charge in [0.2, 0.25) is 10.0 Å². The molecule has 4 rings (SSSR count). The average Bonchev–Trinajstić information content (AvgIpc) is 2.80. The number of para-hydroxylation sites is 1. The van der Waals surface area contributed by atoms with Crippen LogP contribution in [-0.2, 0) is 14.8 Å². The molecule has 1 aromatic heterocycles. The van der Waals surface area contributed by atoms with E-state index in [1.807, 2.05) is 32.0 Å². The first kappa shape index (κ1) is 22.3. The van der Waals surface area contributed by atoms with Crippen molar-refractivity contribution in [3.63, 3.8) is 0 Å². The zero-order valence-corrected chi connectivity index (χ0v) is 18.7. The molecule has 0 unspecified atom stereocenters. The van der Waals surface area contributed by atoms with Gasteiger partial charge in [-0.2, -0.15) is 4.31 Å². The molecule has 0 bridgehead atoms. The number of halogens is 1. The van der Waals surface area contributed by atoms with Crippen molar-refractivity contribution in [3.05, 3.63) is 65.6 Å². The first-order chi connectivity index (χ1) is 15.3. The number of amides is 1. The van der Waals surface area contributed by atoms with E-state index in [-0.39, 0.29) is 37.9 Å². The molecule has 1 fully saturated rings. The number of pyridine rings is 1. The summed E-state index contributed by atoms with van der Waals surface area (Å²) in [7, 11) is -4.05. The first-order valence-corrected chi connectivity index (χ1v) is 11.8. The third-order valence-corrected chi connectivity index (χ3v) is 7.26. The maximum absolute atomic E-state index is 14.5.